The number of unbranched alkanes of at least 4 members (excludes halogenated alkanes) is 1. The molecule has 0 spiro atoms. The van der Waals surface area contributed by atoms with Crippen molar-refractivity contribution in [2.24, 2.45) is 5.73 Å². The van der Waals surface area contributed by atoms with E-state index >= 15 is 0 Å². The summed E-state index contributed by atoms with van der Waals surface area (Å²) in [5, 5.41) is 0. The second-order valence-corrected chi connectivity index (χ2v) is 4.00. The van der Waals surface area contributed by atoms with Crippen LogP contribution in [0.3, 0.4) is 0 Å². The number of Topliss-reactive ketones (excluding diaryl/α,β-unsaturated/α-hetero) is 1. The molecule has 0 saturated heterocycles. The lowest BCUT2D eigenvalue weighted by molar-refractivity contribution is -0.151. The lowest BCUT2D eigenvalue weighted by Gasteiger charge is -1.97. The van der Waals surface area contributed by atoms with Crippen molar-refractivity contribution in [3.63, 3.8) is 0 Å². The van der Waals surface area contributed by atoms with E-state index in [0.717, 1.165) is 12.8 Å². The summed E-state index contributed by atoms with van der Waals surface area (Å²) in [5.74, 6) is -1.79. The number of para-hydroxylation sites is 1. The average Bonchev–Trinajstić information content (AvgIpc) is 2.43. The van der Waals surface area contributed by atoms with E-state index in [-0.39, 0.29) is 12.8 Å². The van der Waals surface area contributed by atoms with Crippen LogP contribution in [0.2, 0.25) is 0 Å². The molecular weight excluding hydrogens is 260 g/mol. The first-order valence-corrected chi connectivity index (χ1v) is 6.17. The average molecular weight is 280 g/mol. The molecule has 1 rings (SSSR count). The van der Waals surface area contributed by atoms with Gasteiger partial charge in [-0.1, -0.05) is 18.2 Å². The molecule has 0 fully saturated rings. The molecule has 1 aromatic rings. The van der Waals surface area contributed by atoms with Crippen LogP contribution in [0.25, 0.3) is 0 Å². The Labute approximate surface area is 118 Å². The molecule has 4 N–H and O–H groups in total. The molecule has 6 nitrogen and oxygen atoms in total. The smallest absolute Gasteiger partial charge is 0.374 e. The number of ether oxygens (including phenoxy) is 1. The highest BCUT2D eigenvalue weighted by molar-refractivity contribution is 6.33. The molecule has 110 valence electrons. The number of nitrogen functional groups attached to an aromatic ring is 1. The molecule has 20 heavy (non-hydrogen) atoms. The molecule has 0 heterocycles. The number of anilines is 1. The molecule has 1 amide bonds. The number of benzene rings is 1. The van der Waals surface area contributed by atoms with Gasteiger partial charge in [-0.2, -0.15) is 0 Å². The molecule has 0 aliphatic heterocycles. The second-order valence-electron chi connectivity index (χ2n) is 4.00. The number of carbonyl (C=O) groups is 3. The van der Waals surface area contributed by atoms with Gasteiger partial charge in [0.15, 0.2) is 0 Å². The van der Waals surface area contributed by atoms with Crippen LogP contribution in [0, 0.1) is 0 Å². The monoisotopic (exact) mass is 280 g/mol. The molecule has 0 aliphatic rings. The first-order valence-electron chi connectivity index (χ1n) is 6.17. The van der Waals surface area contributed by atoms with Crippen LogP contribution >= 0.6 is 0 Å². The maximum absolute atomic E-state index is 10.8. The van der Waals surface area contributed by atoms with Gasteiger partial charge in [0.1, 0.15) is 0 Å². The van der Waals surface area contributed by atoms with Crippen molar-refractivity contribution < 1.29 is 19.1 Å². The molecule has 1 aromatic carbocycles. The summed E-state index contributed by atoms with van der Waals surface area (Å²) in [5.41, 5.74) is 11.1. The van der Waals surface area contributed by atoms with Crippen molar-refractivity contribution >= 4 is 23.3 Å². The van der Waals surface area contributed by atoms with Gasteiger partial charge in [-0.15, -0.1) is 0 Å². The number of hydrogen-bond donors (Lipinski definition) is 2. The van der Waals surface area contributed by atoms with Gasteiger partial charge < -0.3 is 16.2 Å². The number of esters is 1. The molecule has 0 bridgehead atoms. The highest BCUT2D eigenvalue weighted by Crippen LogP contribution is 2.00. The van der Waals surface area contributed by atoms with Crippen LogP contribution in [0.15, 0.2) is 30.3 Å². The Morgan fingerprint density at radius 2 is 1.60 bits per heavy atom. The summed E-state index contributed by atoms with van der Waals surface area (Å²) in [6.07, 6.45) is 1.36. The van der Waals surface area contributed by atoms with E-state index in [2.05, 4.69) is 4.74 Å². The fourth-order valence-electron chi connectivity index (χ4n) is 1.25. The summed E-state index contributed by atoms with van der Waals surface area (Å²) in [6.45, 7) is 0. The second kappa shape index (κ2) is 10.5. The predicted molar refractivity (Wildman–Crippen MR) is 75.5 cm³/mol. The van der Waals surface area contributed by atoms with Crippen LogP contribution in [-0.4, -0.2) is 24.8 Å². The van der Waals surface area contributed by atoms with E-state index in [1.54, 1.807) is 0 Å². The largest absolute Gasteiger partial charge is 0.463 e. The highest BCUT2D eigenvalue weighted by Gasteiger charge is 2.12. The van der Waals surface area contributed by atoms with Crippen LogP contribution in [0.4, 0.5) is 5.69 Å². The zero-order valence-electron chi connectivity index (χ0n) is 11.5. The van der Waals surface area contributed by atoms with Gasteiger partial charge in [0, 0.05) is 18.5 Å². The zero-order valence-corrected chi connectivity index (χ0v) is 11.5. The maximum Gasteiger partial charge on any atom is 0.374 e. The Bertz CT molecular complexity index is 432. The molecule has 0 aliphatic carbocycles. The van der Waals surface area contributed by atoms with Gasteiger partial charge in [0.2, 0.25) is 11.7 Å². The number of rotatable bonds is 6. The molecule has 0 atom stereocenters. The highest BCUT2D eigenvalue weighted by atomic mass is 16.5. The van der Waals surface area contributed by atoms with E-state index < -0.39 is 17.7 Å². The minimum absolute atomic E-state index is 0.111. The minimum Gasteiger partial charge on any atom is -0.463 e. The predicted octanol–water partition coefficient (Wildman–Crippen LogP) is 1.04. The van der Waals surface area contributed by atoms with Gasteiger partial charge in [0.05, 0.1) is 7.11 Å². The van der Waals surface area contributed by atoms with Gasteiger partial charge in [-0.25, -0.2) is 4.79 Å². The van der Waals surface area contributed by atoms with E-state index in [1.807, 2.05) is 30.3 Å². The Morgan fingerprint density at radius 1 is 1.05 bits per heavy atom. The van der Waals surface area contributed by atoms with Gasteiger partial charge in [-0.3, -0.25) is 9.59 Å². The third-order valence-corrected chi connectivity index (χ3v) is 2.29. The van der Waals surface area contributed by atoms with E-state index in [4.69, 9.17) is 11.5 Å². The number of amides is 1. The molecule has 0 aromatic heterocycles. The number of nitrogens with two attached hydrogens (primary N) is 2. The summed E-state index contributed by atoms with van der Waals surface area (Å²) in [6, 6.07) is 9.49. The van der Waals surface area contributed by atoms with Crippen LogP contribution in [-0.2, 0) is 19.1 Å². The molecule has 0 unspecified atom stereocenters. The standard InChI is InChI=1S/C8H13NO4.C6H7N/c1-13-8(12)6(10)4-2-3-5-7(9)11;7-6-4-2-1-3-5-6/h2-5H2,1H3,(H2,9,11);1-5H,7H2. The summed E-state index contributed by atoms with van der Waals surface area (Å²) in [7, 11) is 1.16. The fraction of sp³-hybridized carbons (Fsp3) is 0.357. The normalized spacial score (nSPS) is 9.05. The summed E-state index contributed by atoms with van der Waals surface area (Å²) in [4.78, 5) is 31.7. The first-order chi connectivity index (χ1) is 9.47. The lowest BCUT2D eigenvalue weighted by atomic mass is 10.1. The topological polar surface area (TPSA) is 112 Å². The Kier molecular flexibility index (Phi) is 9.29. The Morgan fingerprint density at radius 3 is 2.00 bits per heavy atom. The van der Waals surface area contributed by atoms with Crippen molar-refractivity contribution in [1.82, 2.24) is 0 Å². The van der Waals surface area contributed by atoms with Crippen LogP contribution in [0.5, 0.6) is 0 Å². The van der Waals surface area contributed by atoms with Gasteiger partial charge >= 0.3 is 5.97 Å². The van der Waals surface area contributed by atoms with Crippen molar-refractivity contribution in [3.8, 4) is 0 Å². The summed E-state index contributed by atoms with van der Waals surface area (Å²) < 4.78 is 4.21. The Hall–Kier alpha value is -2.37. The van der Waals surface area contributed by atoms with Crippen LogP contribution < -0.4 is 11.5 Å². The molecule has 0 saturated carbocycles. The third-order valence-electron chi connectivity index (χ3n) is 2.29. The van der Waals surface area contributed by atoms with Crippen molar-refractivity contribution in [3.05, 3.63) is 30.3 Å². The van der Waals surface area contributed by atoms with E-state index in [9.17, 15) is 14.4 Å². The number of methoxy groups -OCH3 is 1. The first kappa shape index (κ1) is 17.6. The maximum atomic E-state index is 10.8. The minimum atomic E-state index is -0.834. The molecule has 6 heteroatoms. The van der Waals surface area contributed by atoms with E-state index in [1.165, 1.54) is 0 Å². The molecule has 0 radical (unpaired) electrons. The molecular formula is C14H20N2O4. The third kappa shape index (κ3) is 9.64. The van der Waals surface area contributed by atoms with Gasteiger partial charge in [0.25, 0.3) is 0 Å². The quantitative estimate of drug-likeness (QED) is 0.350. The number of ketones is 1. The number of hydrogen-bond acceptors (Lipinski definition) is 5. The van der Waals surface area contributed by atoms with E-state index in [0.29, 0.717) is 12.8 Å². The van der Waals surface area contributed by atoms with Gasteiger partial charge in [-0.05, 0) is 25.0 Å². The fourth-order valence-corrected chi connectivity index (χ4v) is 1.25. The Balaban J connectivity index is 0.000000428. The SMILES string of the molecule is COC(=O)C(=O)CCCCC(N)=O.Nc1ccccc1. The van der Waals surface area contributed by atoms with Crippen LogP contribution in [0.1, 0.15) is 25.7 Å². The zero-order chi connectivity index (χ0) is 15.4. The number of primary amides is 1. The van der Waals surface area contributed by atoms with Crippen molar-refractivity contribution in [2.45, 2.75) is 25.7 Å². The van der Waals surface area contributed by atoms with Crippen molar-refractivity contribution in [2.75, 3.05) is 12.8 Å². The summed E-state index contributed by atoms with van der Waals surface area (Å²) >= 11 is 0. The number of carbonyl (C=O) groups excluding carboxylic acids is 3. The van der Waals surface area contributed by atoms with Crippen molar-refractivity contribution in [1.29, 1.82) is 0 Å². The lowest BCUT2D eigenvalue weighted by Crippen LogP contribution is -2.15.